The van der Waals surface area contributed by atoms with E-state index in [0.29, 0.717) is 22.2 Å². The van der Waals surface area contributed by atoms with E-state index >= 15 is 0 Å². The molecule has 5 N–H and O–H groups in total. The SMILES string of the molecule is Cc1ncc(C(N=C(N)N)=Nc2ccccc2Cl)[nH]1. The summed E-state index contributed by atoms with van der Waals surface area (Å²) in [6, 6.07) is 7.16. The highest BCUT2D eigenvalue weighted by Crippen LogP contribution is 2.24. The Morgan fingerprint density at radius 3 is 2.63 bits per heavy atom. The fourth-order valence-corrected chi connectivity index (χ4v) is 1.64. The third-order valence-electron chi connectivity index (χ3n) is 2.26. The molecule has 0 aliphatic heterocycles. The highest BCUT2D eigenvalue weighted by atomic mass is 35.5. The zero-order valence-corrected chi connectivity index (χ0v) is 11.0. The van der Waals surface area contributed by atoms with Crippen LogP contribution in [-0.4, -0.2) is 21.8 Å². The maximum Gasteiger partial charge on any atom is 0.192 e. The minimum absolute atomic E-state index is 0.0851. The third kappa shape index (κ3) is 3.32. The molecular formula is C12H13ClN6. The Labute approximate surface area is 115 Å². The Balaban J connectivity index is 2.50. The van der Waals surface area contributed by atoms with Crippen molar-refractivity contribution in [2.24, 2.45) is 21.5 Å². The molecule has 0 atom stereocenters. The molecule has 0 bridgehead atoms. The monoisotopic (exact) mass is 276 g/mol. The molecule has 1 heterocycles. The van der Waals surface area contributed by atoms with Crippen LogP contribution in [0.15, 0.2) is 40.4 Å². The lowest BCUT2D eigenvalue weighted by molar-refractivity contribution is 1.14. The third-order valence-corrected chi connectivity index (χ3v) is 2.58. The molecular weight excluding hydrogens is 264 g/mol. The van der Waals surface area contributed by atoms with Crippen molar-refractivity contribution in [2.45, 2.75) is 6.92 Å². The van der Waals surface area contributed by atoms with Gasteiger partial charge in [0.1, 0.15) is 11.5 Å². The number of aryl methyl sites for hydroxylation is 1. The van der Waals surface area contributed by atoms with Crippen molar-refractivity contribution in [3.63, 3.8) is 0 Å². The van der Waals surface area contributed by atoms with Crippen LogP contribution in [0.1, 0.15) is 11.5 Å². The van der Waals surface area contributed by atoms with E-state index in [-0.39, 0.29) is 5.96 Å². The lowest BCUT2D eigenvalue weighted by Gasteiger charge is -2.01. The fourth-order valence-electron chi connectivity index (χ4n) is 1.46. The van der Waals surface area contributed by atoms with Crippen LogP contribution in [0.2, 0.25) is 5.02 Å². The summed E-state index contributed by atoms with van der Waals surface area (Å²) in [4.78, 5) is 15.4. The minimum atomic E-state index is -0.0851. The number of imidazole rings is 1. The first kappa shape index (κ1) is 13.1. The van der Waals surface area contributed by atoms with Gasteiger partial charge in [-0.3, -0.25) is 0 Å². The van der Waals surface area contributed by atoms with E-state index in [1.807, 2.05) is 19.1 Å². The average molecular weight is 277 g/mol. The van der Waals surface area contributed by atoms with Gasteiger partial charge in [-0.15, -0.1) is 0 Å². The summed E-state index contributed by atoms with van der Waals surface area (Å²) in [5, 5.41) is 0.516. The molecule has 0 spiro atoms. The van der Waals surface area contributed by atoms with Crippen LogP contribution in [0.5, 0.6) is 0 Å². The van der Waals surface area contributed by atoms with E-state index < -0.39 is 0 Å². The van der Waals surface area contributed by atoms with Crippen molar-refractivity contribution in [3.8, 4) is 0 Å². The second-order valence-corrected chi connectivity index (χ2v) is 4.21. The number of aliphatic imine (C=N–C) groups is 2. The first-order valence-corrected chi connectivity index (χ1v) is 5.89. The molecule has 0 saturated carbocycles. The number of aromatic amines is 1. The molecule has 0 aliphatic carbocycles. The molecule has 0 fully saturated rings. The van der Waals surface area contributed by atoms with Gasteiger partial charge < -0.3 is 16.5 Å². The molecule has 19 heavy (non-hydrogen) atoms. The average Bonchev–Trinajstić information content (AvgIpc) is 2.77. The predicted octanol–water partition coefficient (Wildman–Crippen LogP) is 1.72. The molecule has 0 saturated heterocycles. The first-order valence-electron chi connectivity index (χ1n) is 5.51. The summed E-state index contributed by atoms with van der Waals surface area (Å²) in [5.74, 6) is 0.986. The Kier molecular flexibility index (Phi) is 3.82. The smallest absolute Gasteiger partial charge is 0.192 e. The first-order chi connectivity index (χ1) is 9.06. The number of hydrogen-bond acceptors (Lipinski definition) is 2. The summed E-state index contributed by atoms with van der Waals surface area (Å²) < 4.78 is 0. The van der Waals surface area contributed by atoms with Crippen molar-refractivity contribution < 1.29 is 0 Å². The zero-order chi connectivity index (χ0) is 13.8. The summed E-state index contributed by atoms with van der Waals surface area (Å²) in [7, 11) is 0. The van der Waals surface area contributed by atoms with Crippen LogP contribution in [0.25, 0.3) is 0 Å². The van der Waals surface area contributed by atoms with Gasteiger partial charge in [-0.2, -0.15) is 4.99 Å². The quantitative estimate of drug-likeness (QED) is 0.574. The molecule has 0 radical (unpaired) electrons. The van der Waals surface area contributed by atoms with Crippen molar-refractivity contribution in [1.82, 2.24) is 9.97 Å². The molecule has 1 aromatic carbocycles. The van der Waals surface area contributed by atoms with E-state index in [4.69, 9.17) is 23.1 Å². The van der Waals surface area contributed by atoms with Crippen LogP contribution in [0.4, 0.5) is 5.69 Å². The number of H-pyrrole nitrogens is 1. The Morgan fingerprint density at radius 2 is 2.05 bits per heavy atom. The van der Waals surface area contributed by atoms with Gasteiger partial charge in [-0.25, -0.2) is 9.98 Å². The van der Waals surface area contributed by atoms with Gasteiger partial charge in [0.25, 0.3) is 0 Å². The Hall–Kier alpha value is -2.34. The van der Waals surface area contributed by atoms with Crippen molar-refractivity contribution >= 4 is 29.1 Å². The zero-order valence-electron chi connectivity index (χ0n) is 10.3. The minimum Gasteiger partial charge on any atom is -0.370 e. The number of nitrogens with zero attached hydrogens (tertiary/aromatic N) is 3. The molecule has 0 aliphatic rings. The predicted molar refractivity (Wildman–Crippen MR) is 76.8 cm³/mol. The molecule has 2 rings (SSSR count). The highest BCUT2D eigenvalue weighted by molar-refractivity contribution is 6.33. The molecule has 1 aromatic heterocycles. The summed E-state index contributed by atoms with van der Waals surface area (Å²) >= 11 is 6.05. The van der Waals surface area contributed by atoms with Gasteiger partial charge in [0.2, 0.25) is 0 Å². The van der Waals surface area contributed by atoms with E-state index in [0.717, 1.165) is 5.82 Å². The van der Waals surface area contributed by atoms with E-state index in [1.54, 1.807) is 18.3 Å². The number of halogens is 1. The number of nitrogens with one attached hydrogen (secondary N) is 1. The van der Waals surface area contributed by atoms with Crippen molar-refractivity contribution in [2.75, 3.05) is 0 Å². The lowest BCUT2D eigenvalue weighted by Crippen LogP contribution is -2.24. The normalized spacial score (nSPS) is 11.4. The van der Waals surface area contributed by atoms with E-state index in [9.17, 15) is 0 Å². The standard InChI is InChI=1S/C12H13ClN6/c1-7-16-6-10(17-7)11(19-12(14)15)18-9-5-3-2-4-8(9)13/h2-6H,1H3,(H,16,17)(H4,14,15,18,19). The number of para-hydroxylation sites is 1. The molecule has 7 heteroatoms. The summed E-state index contributed by atoms with van der Waals surface area (Å²) in [6.45, 7) is 1.83. The van der Waals surface area contributed by atoms with Crippen LogP contribution >= 0.6 is 11.6 Å². The lowest BCUT2D eigenvalue weighted by atomic mass is 10.3. The second kappa shape index (κ2) is 5.53. The van der Waals surface area contributed by atoms with Crippen LogP contribution < -0.4 is 11.5 Å². The maximum atomic E-state index is 6.05. The number of nitrogens with two attached hydrogens (primary N) is 2. The van der Waals surface area contributed by atoms with Crippen LogP contribution in [0, 0.1) is 6.92 Å². The molecule has 2 aromatic rings. The van der Waals surface area contributed by atoms with Gasteiger partial charge >= 0.3 is 0 Å². The molecule has 0 unspecified atom stereocenters. The van der Waals surface area contributed by atoms with Crippen molar-refractivity contribution in [1.29, 1.82) is 0 Å². The molecule has 98 valence electrons. The molecule has 6 nitrogen and oxygen atoms in total. The highest BCUT2D eigenvalue weighted by Gasteiger charge is 2.07. The number of guanidine groups is 1. The Bertz CT molecular complexity index is 639. The topological polar surface area (TPSA) is 105 Å². The van der Waals surface area contributed by atoms with Gasteiger partial charge in [-0.1, -0.05) is 23.7 Å². The van der Waals surface area contributed by atoms with Gasteiger partial charge in [0, 0.05) is 0 Å². The number of amidine groups is 1. The van der Waals surface area contributed by atoms with E-state index in [1.165, 1.54) is 0 Å². The second-order valence-electron chi connectivity index (χ2n) is 3.81. The van der Waals surface area contributed by atoms with Gasteiger partial charge in [-0.05, 0) is 19.1 Å². The molecule has 0 amide bonds. The van der Waals surface area contributed by atoms with Gasteiger partial charge in [0.05, 0.1) is 16.9 Å². The summed E-state index contributed by atoms with van der Waals surface area (Å²) in [6.07, 6.45) is 1.61. The van der Waals surface area contributed by atoms with E-state index in [2.05, 4.69) is 20.0 Å². The maximum absolute atomic E-state index is 6.05. The Morgan fingerprint density at radius 1 is 1.32 bits per heavy atom. The largest absolute Gasteiger partial charge is 0.370 e. The summed E-state index contributed by atoms with van der Waals surface area (Å²) in [5.41, 5.74) is 12.0. The number of hydrogen-bond donors (Lipinski definition) is 3. The van der Waals surface area contributed by atoms with Crippen molar-refractivity contribution in [3.05, 3.63) is 47.0 Å². The van der Waals surface area contributed by atoms with Gasteiger partial charge in [0.15, 0.2) is 11.8 Å². The fraction of sp³-hybridized carbons (Fsp3) is 0.0833. The number of benzene rings is 1. The number of rotatable bonds is 2. The number of aromatic nitrogens is 2. The van der Waals surface area contributed by atoms with Crippen LogP contribution in [0.3, 0.4) is 0 Å². The van der Waals surface area contributed by atoms with Crippen LogP contribution in [-0.2, 0) is 0 Å².